The number of ether oxygens (including phenoxy) is 1. The molecule has 4 rings (SSSR count). The van der Waals surface area contributed by atoms with Gasteiger partial charge in [-0.05, 0) is 48.9 Å². The van der Waals surface area contributed by atoms with Crippen LogP contribution >= 0.6 is 11.6 Å². The average molecular weight is 471 g/mol. The van der Waals surface area contributed by atoms with Crippen LogP contribution in [0.1, 0.15) is 15.9 Å². The van der Waals surface area contributed by atoms with Crippen LogP contribution in [-0.2, 0) is 19.6 Å². The van der Waals surface area contributed by atoms with Crippen molar-refractivity contribution in [2.45, 2.75) is 11.8 Å². The zero-order chi connectivity index (χ0) is 23.0. The van der Waals surface area contributed by atoms with Gasteiger partial charge in [0.2, 0.25) is 5.91 Å². The summed E-state index contributed by atoms with van der Waals surface area (Å²) in [7, 11) is -2.71. The number of amides is 1. The monoisotopic (exact) mass is 470 g/mol. The highest BCUT2D eigenvalue weighted by Gasteiger charge is 2.36. The van der Waals surface area contributed by atoms with Gasteiger partial charge in [0.15, 0.2) is 0 Å². The van der Waals surface area contributed by atoms with Gasteiger partial charge >= 0.3 is 5.97 Å². The molecule has 0 radical (unpaired) electrons. The van der Waals surface area contributed by atoms with E-state index in [9.17, 15) is 18.0 Å². The first kappa shape index (κ1) is 21.9. The fraction of sp³-hybridized carbons (Fsp3) is 0.130. The Hall–Kier alpha value is -3.36. The van der Waals surface area contributed by atoms with Gasteiger partial charge in [0.1, 0.15) is 6.54 Å². The van der Waals surface area contributed by atoms with Crippen molar-refractivity contribution in [3.8, 4) is 11.1 Å². The number of nitrogens with one attached hydrogen (secondary N) is 1. The first-order chi connectivity index (χ1) is 15.2. The van der Waals surface area contributed by atoms with Crippen molar-refractivity contribution in [3.05, 3.63) is 76.8 Å². The Kier molecular flexibility index (Phi) is 5.66. The second-order valence-corrected chi connectivity index (χ2v) is 9.51. The number of carbonyl (C=O) groups is 2. The number of sulfonamides is 1. The first-order valence-electron chi connectivity index (χ1n) is 9.63. The lowest BCUT2D eigenvalue weighted by atomic mass is 10.0. The fourth-order valence-corrected chi connectivity index (χ4v) is 5.42. The summed E-state index contributed by atoms with van der Waals surface area (Å²) in [6.45, 7) is 1.31. The number of aryl methyl sites for hydroxylation is 1. The second kappa shape index (κ2) is 8.29. The molecular weight excluding hydrogens is 452 g/mol. The number of hydrogen-bond donors (Lipinski definition) is 1. The highest BCUT2D eigenvalue weighted by atomic mass is 35.5. The number of hydrogen-bond acceptors (Lipinski definition) is 5. The van der Waals surface area contributed by atoms with Crippen molar-refractivity contribution >= 4 is 44.9 Å². The molecule has 1 heterocycles. The maximum absolute atomic E-state index is 13.3. The van der Waals surface area contributed by atoms with Crippen LogP contribution in [0.2, 0.25) is 5.02 Å². The minimum absolute atomic E-state index is 0.103. The summed E-state index contributed by atoms with van der Waals surface area (Å²) in [6, 6.07) is 16.2. The lowest BCUT2D eigenvalue weighted by Gasteiger charge is -2.31. The molecule has 3 aromatic rings. The van der Waals surface area contributed by atoms with Crippen LogP contribution in [0.3, 0.4) is 0 Å². The first-order valence-corrected chi connectivity index (χ1v) is 11.4. The van der Waals surface area contributed by atoms with E-state index in [1.54, 1.807) is 55.5 Å². The molecule has 1 aliphatic rings. The molecular formula is C23H19ClN2O5S. The van der Waals surface area contributed by atoms with Crippen LogP contribution in [0.4, 0.5) is 11.4 Å². The summed E-state index contributed by atoms with van der Waals surface area (Å²) in [4.78, 5) is 24.8. The van der Waals surface area contributed by atoms with Gasteiger partial charge in [-0.2, -0.15) is 0 Å². The summed E-state index contributed by atoms with van der Waals surface area (Å²) in [6.07, 6.45) is 0. The molecule has 0 saturated carbocycles. The number of halogens is 1. The number of benzene rings is 3. The van der Waals surface area contributed by atoms with E-state index < -0.39 is 28.4 Å². The minimum atomic E-state index is -3.98. The number of esters is 1. The maximum Gasteiger partial charge on any atom is 0.337 e. The van der Waals surface area contributed by atoms with Gasteiger partial charge in [0.25, 0.3) is 10.0 Å². The summed E-state index contributed by atoms with van der Waals surface area (Å²) in [5, 5.41) is 3.16. The van der Waals surface area contributed by atoms with Crippen LogP contribution < -0.4 is 9.62 Å². The van der Waals surface area contributed by atoms with Crippen LogP contribution in [0.5, 0.6) is 0 Å². The van der Waals surface area contributed by atoms with Gasteiger partial charge in [-0.15, -0.1) is 0 Å². The van der Waals surface area contributed by atoms with Crippen molar-refractivity contribution in [2.75, 3.05) is 23.3 Å². The molecule has 9 heteroatoms. The maximum atomic E-state index is 13.3. The van der Waals surface area contributed by atoms with Gasteiger partial charge < -0.3 is 10.1 Å². The Morgan fingerprint density at radius 3 is 2.53 bits per heavy atom. The van der Waals surface area contributed by atoms with Crippen molar-refractivity contribution in [1.82, 2.24) is 0 Å². The fourth-order valence-electron chi connectivity index (χ4n) is 3.60. The van der Waals surface area contributed by atoms with Crippen LogP contribution in [0.25, 0.3) is 11.1 Å². The molecule has 0 atom stereocenters. The van der Waals surface area contributed by atoms with E-state index in [-0.39, 0.29) is 10.5 Å². The predicted molar refractivity (Wildman–Crippen MR) is 123 cm³/mol. The van der Waals surface area contributed by atoms with Gasteiger partial charge in [-0.1, -0.05) is 35.9 Å². The van der Waals surface area contributed by atoms with Gasteiger partial charge in [-0.3, -0.25) is 9.10 Å². The third-order valence-corrected chi connectivity index (χ3v) is 7.25. The zero-order valence-corrected chi connectivity index (χ0v) is 18.8. The summed E-state index contributed by atoms with van der Waals surface area (Å²) in [5.41, 5.74) is 2.90. The van der Waals surface area contributed by atoms with E-state index in [1.807, 2.05) is 0 Å². The molecule has 32 heavy (non-hydrogen) atoms. The number of anilines is 2. The van der Waals surface area contributed by atoms with Crippen molar-refractivity contribution in [2.24, 2.45) is 0 Å². The Morgan fingerprint density at radius 2 is 1.78 bits per heavy atom. The normalized spacial score (nSPS) is 13.7. The highest BCUT2D eigenvalue weighted by molar-refractivity contribution is 7.93. The lowest BCUT2D eigenvalue weighted by molar-refractivity contribution is -0.114. The van der Waals surface area contributed by atoms with E-state index in [2.05, 4.69) is 5.32 Å². The molecule has 7 nitrogen and oxygen atoms in total. The smallest absolute Gasteiger partial charge is 0.337 e. The van der Waals surface area contributed by atoms with Gasteiger partial charge in [0.05, 0.1) is 23.3 Å². The molecule has 164 valence electrons. The Labute approximate surface area is 190 Å². The lowest BCUT2D eigenvalue weighted by Crippen LogP contribution is -2.40. The Morgan fingerprint density at radius 1 is 1.03 bits per heavy atom. The van der Waals surface area contributed by atoms with Crippen LogP contribution in [-0.4, -0.2) is 33.9 Å². The van der Waals surface area contributed by atoms with Crippen molar-refractivity contribution in [1.29, 1.82) is 0 Å². The molecule has 0 fully saturated rings. The van der Waals surface area contributed by atoms with Crippen molar-refractivity contribution in [3.63, 3.8) is 0 Å². The minimum Gasteiger partial charge on any atom is -0.465 e. The SMILES string of the molecule is COC(=O)c1ccc(C)c(NC(=O)CN2c3ccc(Cl)cc3-c3ccccc3S2(=O)=O)c1. The van der Waals surface area contributed by atoms with E-state index in [0.29, 0.717) is 33.1 Å². The van der Waals surface area contributed by atoms with E-state index in [1.165, 1.54) is 19.2 Å². The Bertz CT molecular complexity index is 1350. The quantitative estimate of drug-likeness (QED) is 0.575. The summed E-state index contributed by atoms with van der Waals surface area (Å²) in [5.74, 6) is -1.10. The molecule has 0 spiro atoms. The Balaban J connectivity index is 1.69. The van der Waals surface area contributed by atoms with Gasteiger partial charge in [-0.25, -0.2) is 13.2 Å². The molecule has 1 aliphatic heterocycles. The molecule has 0 aliphatic carbocycles. The molecule has 3 aromatic carbocycles. The molecule has 0 unspecified atom stereocenters. The molecule has 1 N–H and O–H groups in total. The van der Waals surface area contributed by atoms with E-state index >= 15 is 0 Å². The predicted octanol–water partition coefficient (Wildman–Crippen LogP) is 4.25. The molecule has 0 aromatic heterocycles. The number of nitrogens with zero attached hydrogens (tertiary/aromatic N) is 1. The van der Waals surface area contributed by atoms with Gasteiger partial charge in [0, 0.05) is 21.8 Å². The van der Waals surface area contributed by atoms with E-state index in [0.717, 1.165) is 4.31 Å². The summed E-state index contributed by atoms with van der Waals surface area (Å²) < 4.78 is 32.5. The average Bonchev–Trinajstić information content (AvgIpc) is 2.78. The summed E-state index contributed by atoms with van der Waals surface area (Å²) >= 11 is 6.16. The molecule has 1 amide bonds. The standard InChI is InChI=1S/C23H19ClN2O5S/c1-14-7-8-15(23(28)31-2)11-19(14)25-22(27)13-26-20-10-9-16(24)12-18(20)17-5-3-4-6-21(17)32(26,29)30/h3-12H,13H2,1-2H3,(H,25,27). The number of methoxy groups -OCH3 is 1. The second-order valence-electron chi connectivity index (χ2n) is 7.24. The number of fused-ring (bicyclic) bond motifs is 3. The zero-order valence-electron chi connectivity index (χ0n) is 17.3. The third-order valence-electron chi connectivity index (χ3n) is 5.19. The topological polar surface area (TPSA) is 92.8 Å². The largest absolute Gasteiger partial charge is 0.465 e. The van der Waals surface area contributed by atoms with Crippen LogP contribution in [0.15, 0.2) is 65.6 Å². The number of rotatable bonds is 4. The molecule has 0 bridgehead atoms. The van der Waals surface area contributed by atoms with E-state index in [4.69, 9.17) is 16.3 Å². The van der Waals surface area contributed by atoms with Crippen LogP contribution in [0, 0.1) is 6.92 Å². The molecule has 0 saturated heterocycles. The van der Waals surface area contributed by atoms with Crippen molar-refractivity contribution < 1.29 is 22.7 Å². The third kappa shape index (κ3) is 3.83. The number of carbonyl (C=O) groups excluding carboxylic acids is 2. The highest BCUT2D eigenvalue weighted by Crippen LogP contribution is 2.43.